The van der Waals surface area contributed by atoms with Crippen molar-refractivity contribution in [2.75, 3.05) is 12.9 Å². The van der Waals surface area contributed by atoms with E-state index >= 15 is 0 Å². The molecule has 0 bridgehead atoms. The van der Waals surface area contributed by atoms with Gasteiger partial charge in [0.05, 0.1) is 7.11 Å². The van der Waals surface area contributed by atoms with E-state index in [-0.39, 0.29) is 0 Å². The Balaban J connectivity index is 1.76. The monoisotopic (exact) mass is 320 g/mol. The minimum absolute atomic E-state index is 0.324. The van der Waals surface area contributed by atoms with E-state index in [1.54, 1.807) is 13.3 Å². The van der Waals surface area contributed by atoms with Crippen molar-refractivity contribution in [3.63, 3.8) is 0 Å². The number of benzene rings is 1. The fourth-order valence-electron chi connectivity index (χ4n) is 2.55. The molecule has 0 spiro atoms. The van der Waals surface area contributed by atoms with Crippen LogP contribution in [0.25, 0.3) is 0 Å². The molecule has 3 rings (SSSR count). The van der Waals surface area contributed by atoms with Crippen LogP contribution in [-0.4, -0.2) is 17.8 Å². The molecule has 21 heavy (non-hydrogen) atoms. The summed E-state index contributed by atoms with van der Waals surface area (Å²) in [5.41, 5.74) is 2.36. The van der Waals surface area contributed by atoms with Gasteiger partial charge in [0.25, 0.3) is 0 Å². The summed E-state index contributed by atoms with van der Waals surface area (Å²) in [6.45, 7) is 0.734. The first-order valence-electron chi connectivity index (χ1n) is 6.91. The molecular weight excluding hydrogens is 304 g/mol. The van der Waals surface area contributed by atoms with Crippen molar-refractivity contribution in [3.8, 4) is 5.88 Å². The zero-order valence-corrected chi connectivity index (χ0v) is 13.4. The van der Waals surface area contributed by atoms with Crippen LogP contribution >= 0.6 is 23.4 Å². The highest BCUT2D eigenvalue weighted by Gasteiger charge is 2.21. The number of thioether (sulfide) groups is 1. The lowest BCUT2D eigenvalue weighted by atomic mass is 10.0. The van der Waals surface area contributed by atoms with Gasteiger partial charge in [-0.25, -0.2) is 4.98 Å². The average Bonchev–Trinajstić information content (AvgIpc) is 2.53. The third-order valence-corrected chi connectivity index (χ3v) is 4.95. The molecule has 1 N–H and O–H groups in total. The molecule has 1 aliphatic heterocycles. The molecule has 0 radical (unpaired) electrons. The molecule has 0 fully saturated rings. The van der Waals surface area contributed by atoms with E-state index < -0.39 is 0 Å². The van der Waals surface area contributed by atoms with E-state index in [0.717, 1.165) is 29.3 Å². The lowest BCUT2D eigenvalue weighted by Crippen LogP contribution is -2.24. The SMILES string of the molecule is COc1ncccc1CNC1CCSc2ccc(Cl)cc21. The third kappa shape index (κ3) is 3.34. The molecule has 1 atom stereocenters. The number of nitrogens with one attached hydrogen (secondary N) is 1. The standard InChI is InChI=1S/C16H17ClN2OS/c1-20-16-11(3-2-7-18-16)10-19-14-6-8-21-15-5-4-12(17)9-13(14)15/h2-5,7,9,14,19H,6,8,10H2,1H3. The summed E-state index contributed by atoms with van der Waals surface area (Å²) in [4.78, 5) is 5.55. The summed E-state index contributed by atoms with van der Waals surface area (Å²) >= 11 is 8.03. The molecule has 2 aromatic rings. The van der Waals surface area contributed by atoms with Crippen LogP contribution in [0.5, 0.6) is 5.88 Å². The Labute approximate surface area is 134 Å². The summed E-state index contributed by atoms with van der Waals surface area (Å²) in [5, 5.41) is 4.40. The van der Waals surface area contributed by atoms with Gasteiger partial charge in [0.15, 0.2) is 0 Å². The van der Waals surface area contributed by atoms with Gasteiger partial charge < -0.3 is 10.1 Å². The van der Waals surface area contributed by atoms with Crippen LogP contribution in [0, 0.1) is 0 Å². The summed E-state index contributed by atoms with van der Waals surface area (Å²) < 4.78 is 5.30. The number of rotatable bonds is 4. The zero-order chi connectivity index (χ0) is 14.7. The van der Waals surface area contributed by atoms with Gasteiger partial charge in [0.2, 0.25) is 5.88 Å². The van der Waals surface area contributed by atoms with E-state index in [9.17, 15) is 0 Å². The van der Waals surface area contributed by atoms with Gasteiger partial charge in [-0.3, -0.25) is 0 Å². The van der Waals surface area contributed by atoms with Crippen molar-refractivity contribution >= 4 is 23.4 Å². The Hall–Kier alpha value is -1.23. The van der Waals surface area contributed by atoms with Crippen LogP contribution in [0.15, 0.2) is 41.4 Å². The normalized spacial score (nSPS) is 17.3. The summed E-state index contributed by atoms with van der Waals surface area (Å²) in [7, 11) is 1.65. The number of pyridine rings is 1. The van der Waals surface area contributed by atoms with Crippen molar-refractivity contribution in [3.05, 3.63) is 52.7 Å². The predicted molar refractivity (Wildman–Crippen MR) is 87.2 cm³/mol. The van der Waals surface area contributed by atoms with E-state index in [1.165, 1.54) is 10.5 Å². The van der Waals surface area contributed by atoms with Crippen molar-refractivity contribution in [1.29, 1.82) is 0 Å². The second kappa shape index (κ2) is 6.69. The minimum Gasteiger partial charge on any atom is -0.481 e. The van der Waals surface area contributed by atoms with Gasteiger partial charge in [0.1, 0.15) is 0 Å². The highest BCUT2D eigenvalue weighted by Crippen LogP contribution is 2.37. The summed E-state index contributed by atoms with van der Waals surface area (Å²) in [6.07, 6.45) is 2.84. The van der Waals surface area contributed by atoms with Crippen LogP contribution in [0.1, 0.15) is 23.6 Å². The van der Waals surface area contributed by atoms with Gasteiger partial charge in [-0.05, 0) is 42.0 Å². The number of fused-ring (bicyclic) bond motifs is 1. The van der Waals surface area contributed by atoms with Crippen LogP contribution in [-0.2, 0) is 6.54 Å². The maximum Gasteiger partial charge on any atom is 0.217 e. The Morgan fingerprint density at radius 1 is 1.43 bits per heavy atom. The number of hydrogen-bond acceptors (Lipinski definition) is 4. The maximum absolute atomic E-state index is 6.14. The van der Waals surface area contributed by atoms with Crippen molar-refractivity contribution in [2.24, 2.45) is 0 Å². The summed E-state index contributed by atoms with van der Waals surface area (Å²) in [6, 6.07) is 10.4. The smallest absolute Gasteiger partial charge is 0.217 e. The van der Waals surface area contributed by atoms with Crippen LogP contribution < -0.4 is 10.1 Å². The second-order valence-electron chi connectivity index (χ2n) is 4.92. The number of methoxy groups -OCH3 is 1. The largest absolute Gasteiger partial charge is 0.481 e. The minimum atomic E-state index is 0.324. The molecule has 5 heteroatoms. The molecule has 2 heterocycles. The molecule has 0 aliphatic carbocycles. The number of nitrogens with zero attached hydrogens (tertiary/aromatic N) is 1. The molecule has 1 aromatic heterocycles. The highest BCUT2D eigenvalue weighted by atomic mass is 35.5. The number of hydrogen-bond donors (Lipinski definition) is 1. The molecule has 0 amide bonds. The van der Waals surface area contributed by atoms with Crippen molar-refractivity contribution < 1.29 is 4.74 Å². The van der Waals surface area contributed by atoms with Crippen LogP contribution in [0.3, 0.4) is 0 Å². The number of ether oxygens (including phenoxy) is 1. The Bertz CT molecular complexity index is 635. The van der Waals surface area contributed by atoms with Crippen LogP contribution in [0.4, 0.5) is 0 Å². The van der Waals surface area contributed by atoms with E-state index in [0.29, 0.717) is 11.9 Å². The van der Waals surface area contributed by atoms with Crippen LogP contribution in [0.2, 0.25) is 5.02 Å². The molecule has 1 aromatic carbocycles. The molecule has 0 saturated heterocycles. The van der Waals surface area contributed by atoms with E-state index in [2.05, 4.69) is 22.4 Å². The first-order valence-corrected chi connectivity index (χ1v) is 8.28. The van der Waals surface area contributed by atoms with E-state index in [4.69, 9.17) is 16.3 Å². The molecule has 0 saturated carbocycles. The molecule has 1 aliphatic rings. The molecular formula is C16H17ClN2OS. The molecule has 1 unspecified atom stereocenters. The van der Waals surface area contributed by atoms with Gasteiger partial charge in [-0.2, -0.15) is 0 Å². The number of aromatic nitrogens is 1. The number of halogens is 1. The van der Waals surface area contributed by atoms with Crippen molar-refractivity contribution in [1.82, 2.24) is 10.3 Å². The Kier molecular flexibility index (Phi) is 4.68. The highest BCUT2D eigenvalue weighted by molar-refractivity contribution is 7.99. The molecule has 3 nitrogen and oxygen atoms in total. The van der Waals surface area contributed by atoms with Gasteiger partial charge in [-0.1, -0.05) is 17.7 Å². The average molecular weight is 321 g/mol. The van der Waals surface area contributed by atoms with Gasteiger partial charge in [0, 0.05) is 34.3 Å². The lowest BCUT2D eigenvalue weighted by molar-refractivity contribution is 0.387. The second-order valence-corrected chi connectivity index (χ2v) is 6.50. The topological polar surface area (TPSA) is 34.1 Å². The van der Waals surface area contributed by atoms with Gasteiger partial charge in [-0.15, -0.1) is 11.8 Å². The predicted octanol–water partition coefficient (Wildman–Crippen LogP) is 4.07. The fourth-order valence-corrected chi connectivity index (χ4v) is 3.84. The first-order chi connectivity index (χ1) is 10.3. The quantitative estimate of drug-likeness (QED) is 0.920. The third-order valence-electron chi connectivity index (χ3n) is 3.59. The fraction of sp³-hybridized carbons (Fsp3) is 0.312. The van der Waals surface area contributed by atoms with Gasteiger partial charge >= 0.3 is 0 Å². The Morgan fingerprint density at radius 3 is 3.19 bits per heavy atom. The van der Waals surface area contributed by atoms with Crippen molar-refractivity contribution in [2.45, 2.75) is 23.9 Å². The summed E-state index contributed by atoms with van der Waals surface area (Å²) in [5.74, 6) is 1.80. The maximum atomic E-state index is 6.14. The molecule has 110 valence electrons. The lowest BCUT2D eigenvalue weighted by Gasteiger charge is -2.26. The first kappa shape index (κ1) is 14.7. The Morgan fingerprint density at radius 2 is 2.33 bits per heavy atom. The zero-order valence-electron chi connectivity index (χ0n) is 11.8. The van der Waals surface area contributed by atoms with E-state index in [1.807, 2.05) is 30.0 Å².